The number of nitrogens with two attached hydrogens (primary N) is 1. The van der Waals surface area contributed by atoms with Crippen LogP contribution in [0, 0.1) is 5.82 Å². The summed E-state index contributed by atoms with van der Waals surface area (Å²) < 4.78 is 19.0. The van der Waals surface area contributed by atoms with Gasteiger partial charge in [-0.25, -0.2) is 4.39 Å². The van der Waals surface area contributed by atoms with Gasteiger partial charge in [-0.15, -0.1) is 0 Å². The van der Waals surface area contributed by atoms with Crippen molar-refractivity contribution in [2.45, 2.75) is 25.4 Å². The van der Waals surface area contributed by atoms with E-state index in [2.05, 4.69) is 10.1 Å². The minimum absolute atomic E-state index is 0.147. The lowest BCUT2D eigenvalue weighted by Crippen LogP contribution is -2.24. The number of aromatic nitrogens is 2. The summed E-state index contributed by atoms with van der Waals surface area (Å²) in [6, 6.07) is 4.43. The van der Waals surface area contributed by atoms with Crippen LogP contribution in [-0.2, 0) is 6.54 Å². The summed E-state index contributed by atoms with van der Waals surface area (Å²) in [4.78, 5) is 17.1. The Morgan fingerprint density at radius 1 is 1.55 bits per heavy atom. The summed E-state index contributed by atoms with van der Waals surface area (Å²) >= 11 is 6.07. The standard InChI is InChI=1S/C14H14ClFN4O2/c15-9-3-1-4-10(16)8(9)7-20-6-2-5-11(20)14-18-13(12(17)21)19-22-14/h1,3-4,11H,2,5-7H2,(H2,17,21)/t11-/m1/s1. The van der Waals surface area contributed by atoms with Gasteiger partial charge in [0.2, 0.25) is 5.89 Å². The third-order valence-corrected chi connectivity index (χ3v) is 4.09. The molecule has 1 aliphatic rings. The highest BCUT2D eigenvalue weighted by Gasteiger charge is 2.32. The third kappa shape index (κ3) is 2.82. The number of likely N-dealkylation sites (tertiary alicyclic amines) is 1. The molecule has 0 bridgehead atoms. The van der Waals surface area contributed by atoms with Gasteiger partial charge in [0, 0.05) is 17.1 Å². The largest absolute Gasteiger partial charge is 0.363 e. The van der Waals surface area contributed by atoms with Crippen molar-refractivity contribution in [3.05, 3.63) is 46.3 Å². The van der Waals surface area contributed by atoms with E-state index in [1.165, 1.54) is 6.07 Å². The van der Waals surface area contributed by atoms with Gasteiger partial charge in [-0.2, -0.15) is 4.98 Å². The van der Waals surface area contributed by atoms with E-state index in [0.717, 1.165) is 19.4 Å². The second-order valence-corrected chi connectivity index (χ2v) is 5.56. The molecule has 3 rings (SSSR count). The second-order valence-electron chi connectivity index (χ2n) is 5.15. The number of primary amides is 1. The predicted octanol–water partition coefficient (Wildman–Crippen LogP) is 2.30. The Bertz CT molecular complexity index is 686. The Hall–Kier alpha value is -1.99. The normalized spacial score (nSPS) is 18.7. The first-order valence-corrected chi connectivity index (χ1v) is 7.24. The summed E-state index contributed by atoms with van der Waals surface area (Å²) in [5.41, 5.74) is 5.55. The predicted molar refractivity (Wildman–Crippen MR) is 76.6 cm³/mol. The molecule has 1 fully saturated rings. The van der Waals surface area contributed by atoms with Crippen LogP contribution in [0.3, 0.4) is 0 Å². The van der Waals surface area contributed by atoms with Crippen molar-refractivity contribution in [2.24, 2.45) is 5.73 Å². The van der Waals surface area contributed by atoms with Crippen molar-refractivity contribution < 1.29 is 13.7 Å². The number of nitrogens with zero attached hydrogens (tertiary/aromatic N) is 3. The Morgan fingerprint density at radius 3 is 3.05 bits per heavy atom. The highest BCUT2D eigenvalue weighted by Crippen LogP contribution is 2.33. The Balaban J connectivity index is 1.82. The van der Waals surface area contributed by atoms with Gasteiger partial charge < -0.3 is 10.3 Å². The SMILES string of the molecule is NC(=O)c1noc([C@H]2CCCN2Cc2c(F)cccc2Cl)n1. The zero-order chi connectivity index (χ0) is 15.7. The van der Waals surface area contributed by atoms with Crippen LogP contribution in [0.4, 0.5) is 4.39 Å². The van der Waals surface area contributed by atoms with E-state index in [1.54, 1.807) is 12.1 Å². The van der Waals surface area contributed by atoms with E-state index in [-0.39, 0.29) is 17.7 Å². The van der Waals surface area contributed by atoms with Crippen LogP contribution in [-0.4, -0.2) is 27.5 Å². The molecule has 6 nitrogen and oxygen atoms in total. The molecule has 1 aromatic heterocycles. The summed E-state index contributed by atoms with van der Waals surface area (Å²) in [5, 5.41) is 3.93. The van der Waals surface area contributed by atoms with Crippen LogP contribution in [0.2, 0.25) is 5.02 Å². The Labute approximate surface area is 131 Å². The number of carbonyl (C=O) groups excluding carboxylic acids is 1. The number of hydrogen-bond donors (Lipinski definition) is 1. The highest BCUT2D eigenvalue weighted by molar-refractivity contribution is 6.31. The Morgan fingerprint density at radius 2 is 2.36 bits per heavy atom. The molecule has 1 aromatic carbocycles. The van der Waals surface area contributed by atoms with E-state index in [1.807, 2.05) is 4.90 Å². The monoisotopic (exact) mass is 324 g/mol. The first kappa shape index (κ1) is 14.9. The highest BCUT2D eigenvalue weighted by atomic mass is 35.5. The number of rotatable bonds is 4. The van der Waals surface area contributed by atoms with Crippen molar-refractivity contribution in [2.75, 3.05) is 6.54 Å². The molecular weight excluding hydrogens is 311 g/mol. The number of carbonyl (C=O) groups is 1. The van der Waals surface area contributed by atoms with Crippen molar-refractivity contribution in [3.63, 3.8) is 0 Å². The maximum absolute atomic E-state index is 13.9. The molecule has 1 aliphatic heterocycles. The molecule has 2 N–H and O–H groups in total. The average molecular weight is 325 g/mol. The molecule has 2 heterocycles. The van der Waals surface area contributed by atoms with E-state index in [9.17, 15) is 9.18 Å². The van der Waals surface area contributed by atoms with Crippen LogP contribution in [0.15, 0.2) is 22.7 Å². The molecule has 0 radical (unpaired) electrons. The van der Waals surface area contributed by atoms with E-state index in [0.29, 0.717) is 23.0 Å². The quantitative estimate of drug-likeness (QED) is 0.932. The van der Waals surface area contributed by atoms with Crippen molar-refractivity contribution in [1.82, 2.24) is 15.0 Å². The number of benzene rings is 1. The average Bonchev–Trinajstić information content (AvgIpc) is 3.11. The van der Waals surface area contributed by atoms with Gasteiger partial charge in [0.15, 0.2) is 0 Å². The van der Waals surface area contributed by atoms with Gasteiger partial charge in [-0.1, -0.05) is 22.8 Å². The molecule has 1 amide bonds. The van der Waals surface area contributed by atoms with Crippen LogP contribution >= 0.6 is 11.6 Å². The molecule has 0 aliphatic carbocycles. The van der Waals surface area contributed by atoms with E-state index in [4.69, 9.17) is 21.9 Å². The molecule has 8 heteroatoms. The molecule has 1 atom stereocenters. The fourth-order valence-electron chi connectivity index (χ4n) is 2.65. The summed E-state index contributed by atoms with van der Waals surface area (Å²) in [7, 11) is 0. The maximum Gasteiger partial charge on any atom is 0.290 e. The van der Waals surface area contributed by atoms with Gasteiger partial charge >= 0.3 is 0 Å². The molecule has 0 saturated carbocycles. The molecule has 0 spiro atoms. The smallest absolute Gasteiger partial charge is 0.290 e. The summed E-state index contributed by atoms with van der Waals surface area (Å²) in [6.45, 7) is 1.09. The van der Waals surface area contributed by atoms with Crippen LogP contribution < -0.4 is 5.73 Å². The fourth-order valence-corrected chi connectivity index (χ4v) is 2.87. The lowest BCUT2D eigenvalue weighted by molar-refractivity contribution is 0.0987. The molecule has 0 unspecified atom stereocenters. The van der Waals surface area contributed by atoms with Crippen molar-refractivity contribution in [1.29, 1.82) is 0 Å². The fraction of sp³-hybridized carbons (Fsp3) is 0.357. The molecule has 116 valence electrons. The van der Waals surface area contributed by atoms with Gasteiger partial charge in [-0.3, -0.25) is 9.69 Å². The third-order valence-electron chi connectivity index (χ3n) is 3.73. The van der Waals surface area contributed by atoms with Gasteiger partial charge in [0.25, 0.3) is 11.7 Å². The van der Waals surface area contributed by atoms with Crippen molar-refractivity contribution in [3.8, 4) is 0 Å². The first-order valence-electron chi connectivity index (χ1n) is 6.86. The lowest BCUT2D eigenvalue weighted by Gasteiger charge is -2.22. The molecule has 1 saturated heterocycles. The molecular formula is C14H14ClFN4O2. The van der Waals surface area contributed by atoms with E-state index >= 15 is 0 Å². The van der Waals surface area contributed by atoms with Gasteiger partial charge in [-0.05, 0) is 31.5 Å². The second kappa shape index (κ2) is 6.02. The first-order chi connectivity index (χ1) is 10.6. The van der Waals surface area contributed by atoms with E-state index < -0.39 is 5.91 Å². The molecule has 22 heavy (non-hydrogen) atoms. The lowest BCUT2D eigenvalue weighted by atomic mass is 10.1. The summed E-state index contributed by atoms with van der Waals surface area (Å²) in [5.74, 6) is -0.914. The minimum atomic E-state index is -0.739. The zero-order valence-corrected chi connectivity index (χ0v) is 12.4. The number of halogens is 2. The zero-order valence-electron chi connectivity index (χ0n) is 11.6. The maximum atomic E-state index is 13.9. The van der Waals surface area contributed by atoms with Crippen LogP contribution in [0.5, 0.6) is 0 Å². The van der Waals surface area contributed by atoms with Gasteiger partial charge in [0.05, 0.1) is 6.04 Å². The number of hydrogen-bond acceptors (Lipinski definition) is 5. The molecule has 2 aromatic rings. The van der Waals surface area contributed by atoms with Gasteiger partial charge in [0.1, 0.15) is 5.82 Å². The van der Waals surface area contributed by atoms with Crippen LogP contribution in [0.25, 0.3) is 0 Å². The topological polar surface area (TPSA) is 85.2 Å². The Kier molecular flexibility index (Phi) is 4.08. The summed E-state index contributed by atoms with van der Waals surface area (Å²) in [6.07, 6.45) is 1.69. The number of amides is 1. The van der Waals surface area contributed by atoms with Crippen molar-refractivity contribution >= 4 is 17.5 Å². The minimum Gasteiger partial charge on any atom is -0.363 e. The van der Waals surface area contributed by atoms with Crippen LogP contribution in [0.1, 0.15) is 41.0 Å².